The summed E-state index contributed by atoms with van der Waals surface area (Å²) in [6, 6.07) is 8.96. The van der Waals surface area contributed by atoms with Crippen LogP contribution in [-0.2, 0) is 12.8 Å². The first-order valence-corrected chi connectivity index (χ1v) is 11.1. The topological polar surface area (TPSA) is 53.4 Å². The quantitative estimate of drug-likeness (QED) is 0.869. The van der Waals surface area contributed by atoms with Crippen molar-refractivity contribution >= 4 is 5.91 Å². The molecule has 1 unspecified atom stereocenters. The van der Waals surface area contributed by atoms with Crippen LogP contribution in [-0.4, -0.2) is 70.8 Å². The Labute approximate surface area is 172 Å². The molecule has 2 aliphatic heterocycles. The molecule has 0 bridgehead atoms. The fourth-order valence-electron chi connectivity index (χ4n) is 5.09. The SMILES string of the molecule is Cc1ccc(-n2nc(C(=O)N3CCC(N4CCNCC4)C3)c3c2CCCC3)cc1. The van der Waals surface area contributed by atoms with Crippen molar-refractivity contribution in [3.63, 3.8) is 0 Å². The Morgan fingerprint density at radius 3 is 2.62 bits per heavy atom. The molecular weight excluding hydrogens is 362 g/mol. The lowest BCUT2D eigenvalue weighted by Gasteiger charge is -2.32. The Hall–Kier alpha value is -2.18. The van der Waals surface area contributed by atoms with Crippen molar-refractivity contribution in [3.8, 4) is 5.69 Å². The van der Waals surface area contributed by atoms with Crippen LogP contribution in [0.1, 0.15) is 46.6 Å². The van der Waals surface area contributed by atoms with Crippen LogP contribution >= 0.6 is 0 Å². The number of carbonyl (C=O) groups is 1. The van der Waals surface area contributed by atoms with Gasteiger partial charge in [0, 0.05) is 56.6 Å². The normalized spacial score (nSPS) is 22.7. The first kappa shape index (κ1) is 18.8. The van der Waals surface area contributed by atoms with Gasteiger partial charge in [-0.25, -0.2) is 4.68 Å². The highest BCUT2D eigenvalue weighted by atomic mass is 16.2. The van der Waals surface area contributed by atoms with Gasteiger partial charge in [-0.05, 0) is 51.2 Å². The molecule has 2 fully saturated rings. The third kappa shape index (κ3) is 3.60. The van der Waals surface area contributed by atoms with Crippen LogP contribution < -0.4 is 5.32 Å². The van der Waals surface area contributed by atoms with E-state index in [1.54, 1.807) is 0 Å². The Kier molecular flexibility index (Phi) is 5.14. The number of fused-ring (bicyclic) bond motifs is 1. The van der Waals surface area contributed by atoms with E-state index in [-0.39, 0.29) is 5.91 Å². The fraction of sp³-hybridized carbons (Fsp3) is 0.565. The minimum Gasteiger partial charge on any atom is -0.336 e. The molecule has 1 N–H and O–H groups in total. The summed E-state index contributed by atoms with van der Waals surface area (Å²) in [6.07, 6.45) is 5.38. The van der Waals surface area contributed by atoms with E-state index in [0.717, 1.165) is 70.6 Å². The number of nitrogens with zero attached hydrogens (tertiary/aromatic N) is 4. The Morgan fingerprint density at radius 2 is 1.83 bits per heavy atom. The number of likely N-dealkylation sites (tertiary alicyclic amines) is 1. The monoisotopic (exact) mass is 393 g/mol. The Balaban J connectivity index is 1.40. The average molecular weight is 394 g/mol. The van der Waals surface area contributed by atoms with E-state index in [0.29, 0.717) is 11.7 Å². The predicted octanol–water partition coefficient (Wildman–Crippen LogP) is 2.18. The lowest BCUT2D eigenvalue weighted by Crippen LogP contribution is -2.49. The molecule has 0 radical (unpaired) electrons. The van der Waals surface area contributed by atoms with Gasteiger partial charge in [-0.15, -0.1) is 0 Å². The predicted molar refractivity (Wildman–Crippen MR) is 114 cm³/mol. The first-order chi connectivity index (χ1) is 14.2. The summed E-state index contributed by atoms with van der Waals surface area (Å²) in [5.74, 6) is 0.131. The number of rotatable bonds is 3. The molecule has 1 aliphatic carbocycles. The molecule has 1 aromatic heterocycles. The number of aryl methyl sites for hydroxylation is 1. The van der Waals surface area contributed by atoms with E-state index < -0.39 is 0 Å². The van der Waals surface area contributed by atoms with Crippen LogP contribution in [0.4, 0.5) is 0 Å². The zero-order chi connectivity index (χ0) is 19.8. The summed E-state index contributed by atoms with van der Waals surface area (Å²) < 4.78 is 2.03. The maximum Gasteiger partial charge on any atom is 0.274 e. The van der Waals surface area contributed by atoms with Gasteiger partial charge in [0.05, 0.1) is 5.69 Å². The largest absolute Gasteiger partial charge is 0.336 e. The van der Waals surface area contributed by atoms with Crippen molar-refractivity contribution in [3.05, 3.63) is 46.8 Å². The van der Waals surface area contributed by atoms with E-state index in [1.807, 2.05) is 9.58 Å². The van der Waals surface area contributed by atoms with Gasteiger partial charge in [-0.2, -0.15) is 5.10 Å². The molecule has 29 heavy (non-hydrogen) atoms. The third-order valence-electron chi connectivity index (χ3n) is 6.78. The van der Waals surface area contributed by atoms with Gasteiger partial charge in [0.1, 0.15) is 0 Å². The lowest BCUT2D eigenvalue weighted by molar-refractivity contribution is 0.0766. The lowest BCUT2D eigenvalue weighted by atomic mass is 9.95. The molecule has 0 spiro atoms. The van der Waals surface area contributed by atoms with E-state index >= 15 is 0 Å². The third-order valence-corrected chi connectivity index (χ3v) is 6.78. The molecule has 2 aromatic rings. The summed E-state index contributed by atoms with van der Waals surface area (Å²) in [5.41, 5.74) is 5.42. The van der Waals surface area contributed by atoms with Crippen LogP contribution in [0.5, 0.6) is 0 Å². The summed E-state index contributed by atoms with van der Waals surface area (Å²) in [7, 11) is 0. The average Bonchev–Trinajstić information content (AvgIpc) is 3.40. The second kappa shape index (κ2) is 7.92. The van der Waals surface area contributed by atoms with Gasteiger partial charge in [0.25, 0.3) is 5.91 Å². The van der Waals surface area contributed by atoms with Gasteiger partial charge >= 0.3 is 0 Å². The van der Waals surface area contributed by atoms with Gasteiger partial charge in [0.15, 0.2) is 5.69 Å². The number of carbonyl (C=O) groups excluding carboxylic acids is 1. The van der Waals surface area contributed by atoms with E-state index in [1.165, 1.54) is 23.2 Å². The molecule has 154 valence electrons. The summed E-state index contributed by atoms with van der Waals surface area (Å²) in [4.78, 5) is 18.1. The van der Waals surface area contributed by atoms with E-state index in [4.69, 9.17) is 5.10 Å². The number of piperazine rings is 1. The molecule has 6 heteroatoms. The number of nitrogens with one attached hydrogen (secondary N) is 1. The zero-order valence-corrected chi connectivity index (χ0v) is 17.4. The second-order valence-corrected chi connectivity index (χ2v) is 8.71. The number of hydrogen-bond acceptors (Lipinski definition) is 4. The van der Waals surface area contributed by atoms with Crippen LogP contribution in [0, 0.1) is 6.92 Å². The summed E-state index contributed by atoms with van der Waals surface area (Å²) in [5, 5.41) is 8.29. The molecule has 2 saturated heterocycles. The van der Waals surface area contributed by atoms with Crippen molar-refractivity contribution in [1.82, 2.24) is 24.9 Å². The molecule has 1 aromatic carbocycles. The van der Waals surface area contributed by atoms with Crippen molar-refractivity contribution in [2.75, 3.05) is 39.3 Å². The minimum atomic E-state index is 0.131. The smallest absolute Gasteiger partial charge is 0.274 e. The molecule has 3 heterocycles. The van der Waals surface area contributed by atoms with E-state index in [9.17, 15) is 4.79 Å². The summed E-state index contributed by atoms with van der Waals surface area (Å²) in [6.45, 7) is 8.07. The highest BCUT2D eigenvalue weighted by Crippen LogP contribution is 2.29. The van der Waals surface area contributed by atoms with Gasteiger partial charge in [0.2, 0.25) is 0 Å². The van der Waals surface area contributed by atoms with Crippen molar-refractivity contribution in [1.29, 1.82) is 0 Å². The van der Waals surface area contributed by atoms with Gasteiger partial charge in [-0.3, -0.25) is 9.69 Å². The van der Waals surface area contributed by atoms with Crippen LogP contribution in [0.25, 0.3) is 5.69 Å². The van der Waals surface area contributed by atoms with Crippen molar-refractivity contribution in [2.24, 2.45) is 0 Å². The maximum absolute atomic E-state index is 13.5. The zero-order valence-electron chi connectivity index (χ0n) is 17.4. The number of aromatic nitrogens is 2. The Bertz CT molecular complexity index is 881. The van der Waals surface area contributed by atoms with E-state index in [2.05, 4.69) is 41.4 Å². The standard InChI is InChI=1S/C23H31N5O/c1-17-6-8-18(9-7-17)28-21-5-3-2-4-20(21)22(25-28)23(29)27-13-10-19(16-27)26-14-11-24-12-15-26/h6-9,19,24H,2-5,10-16H2,1H3. The molecule has 1 amide bonds. The van der Waals surface area contributed by atoms with Crippen molar-refractivity contribution in [2.45, 2.75) is 45.1 Å². The van der Waals surface area contributed by atoms with Crippen LogP contribution in [0.15, 0.2) is 24.3 Å². The highest BCUT2D eigenvalue weighted by molar-refractivity contribution is 5.94. The molecule has 0 saturated carbocycles. The van der Waals surface area contributed by atoms with Gasteiger partial charge in [-0.1, -0.05) is 17.7 Å². The molecular formula is C23H31N5O. The number of hydrogen-bond donors (Lipinski definition) is 1. The maximum atomic E-state index is 13.5. The first-order valence-electron chi connectivity index (χ1n) is 11.1. The number of amides is 1. The fourth-order valence-corrected chi connectivity index (χ4v) is 5.09. The second-order valence-electron chi connectivity index (χ2n) is 8.71. The van der Waals surface area contributed by atoms with Crippen LogP contribution in [0.2, 0.25) is 0 Å². The van der Waals surface area contributed by atoms with Gasteiger partial charge < -0.3 is 10.2 Å². The molecule has 5 rings (SSSR count). The van der Waals surface area contributed by atoms with Crippen molar-refractivity contribution < 1.29 is 4.79 Å². The molecule has 1 atom stereocenters. The highest BCUT2D eigenvalue weighted by Gasteiger charge is 2.34. The minimum absolute atomic E-state index is 0.131. The summed E-state index contributed by atoms with van der Waals surface area (Å²) >= 11 is 0. The van der Waals surface area contributed by atoms with Crippen LogP contribution in [0.3, 0.4) is 0 Å². The Morgan fingerprint density at radius 1 is 1.07 bits per heavy atom. The molecule has 3 aliphatic rings. The number of benzene rings is 1. The molecule has 6 nitrogen and oxygen atoms in total.